The van der Waals surface area contributed by atoms with Crippen LogP contribution >= 0.6 is 0 Å². The fraction of sp³-hybridized carbons (Fsp3) is 1.00. The number of fused-ring (bicyclic) bond motifs is 1. The summed E-state index contributed by atoms with van der Waals surface area (Å²) in [6, 6.07) is 0. The van der Waals surface area contributed by atoms with Crippen LogP contribution in [0.1, 0.15) is 40.0 Å². The van der Waals surface area contributed by atoms with Gasteiger partial charge < -0.3 is 5.21 Å². The molecule has 2 aliphatic rings. The fourth-order valence-electron chi connectivity index (χ4n) is 3.17. The van der Waals surface area contributed by atoms with E-state index in [1.165, 1.54) is 24.3 Å². The standard InChI is InChI=1S/C12H23NO/c1-12(2,3)11-6-9-4-5-13(14)8-10(9)7-11/h9-11,14H,4-8H2,1-3H3. The van der Waals surface area contributed by atoms with Crippen LogP contribution < -0.4 is 0 Å². The maximum Gasteiger partial charge on any atom is 0.0269 e. The number of piperidine rings is 1. The molecular formula is C12H23NO. The summed E-state index contributed by atoms with van der Waals surface area (Å²) in [6.07, 6.45) is 3.92. The molecule has 0 amide bonds. The van der Waals surface area contributed by atoms with Crippen molar-refractivity contribution in [2.75, 3.05) is 13.1 Å². The Kier molecular flexibility index (Phi) is 2.61. The SMILES string of the molecule is CC(C)(C)C1CC2CCN(O)CC2C1. The Hall–Kier alpha value is -0.0800. The minimum Gasteiger partial charge on any atom is -0.314 e. The highest BCUT2D eigenvalue weighted by atomic mass is 16.5. The average molecular weight is 197 g/mol. The Morgan fingerprint density at radius 2 is 1.79 bits per heavy atom. The first-order valence-corrected chi connectivity index (χ1v) is 5.90. The first-order chi connectivity index (χ1) is 6.47. The summed E-state index contributed by atoms with van der Waals surface area (Å²) in [5.74, 6) is 2.52. The molecule has 1 N–H and O–H groups in total. The van der Waals surface area contributed by atoms with Gasteiger partial charge in [-0.05, 0) is 42.4 Å². The van der Waals surface area contributed by atoms with Gasteiger partial charge in [0.25, 0.3) is 0 Å². The molecule has 2 nitrogen and oxygen atoms in total. The van der Waals surface area contributed by atoms with Crippen LogP contribution in [0.15, 0.2) is 0 Å². The van der Waals surface area contributed by atoms with Crippen molar-refractivity contribution in [1.82, 2.24) is 5.06 Å². The van der Waals surface area contributed by atoms with Crippen LogP contribution in [0.5, 0.6) is 0 Å². The molecule has 1 aliphatic heterocycles. The molecule has 2 fully saturated rings. The minimum absolute atomic E-state index is 0.456. The predicted molar refractivity (Wildman–Crippen MR) is 57.1 cm³/mol. The Morgan fingerprint density at radius 3 is 2.43 bits per heavy atom. The van der Waals surface area contributed by atoms with Gasteiger partial charge in [-0.2, -0.15) is 5.06 Å². The normalized spacial score (nSPS) is 39.9. The van der Waals surface area contributed by atoms with Gasteiger partial charge in [0, 0.05) is 13.1 Å². The smallest absolute Gasteiger partial charge is 0.0269 e. The Morgan fingerprint density at radius 1 is 1.14 bits per heavy atom. The molecule has 14 heavy (non-hydrogen) atoms. The lowest BCUT2D eigenvalue weighted by Gasteiger charge is -2.30. The van der Waals surface area contributed by atoms with E-state index in [9.17, 15) is 5.21 Å². The van der Waals surface area contributed by atoms with Crippen LogP contribution in [0, 0.1) is 23.2 Å². The molecule has 0 aromatic heterocycles. The zero-order valence-corrected chi connectivity index (χ0v) is 9.66. The van der Waals surface area contributed by atoms with Gasteiger partial charge in [0.2, 0.25) is 0 Å². The van der Waals surface area contributed by atoms with Crippen molar-refractivity contribution in [3.63, 3.8) is 0 Å². The monoisotopic (exact) mass is 197 g/mol. The second-order valence-electron chi connectivity index (χ2n) is 6.26. The molecule has 82 valence electrons. The summed E-state index contributed by atoms with van der Waals surface area (Å²) in [6.45, 7) is 8.86. The average Bonchev–Trinajstić information content (AvgIpc) is 2.45. The van der Waals surface area contributed by atoms with E-state index in [0.717, 1.165) is 30.8 Å². The summed E-state index contributed by atoms with van der Waals surface area (Å²) in [7, 11) is 0. The number of nitrogens with zero attached hydrogens (tertiary/aromatic N) is 1. The summed E-state index contributed by atoms with van der Waals surface area (Å²) in [5.41, 5.74) is 0.456. The van der Waals surface area contributed by atoms with Crippen molar-refractivity contribution < 1.29 is 5.21 Å². The summed E-state index contributed by atoms with van der Waals surface area (Å²) < 4.78 is 0. The lowest BCUT2D eigenvalue weighted by atomic mass is 9.79. The number of hydrogen-bond donors (Lipinski definition) is 1. The molecule has 1 aliphatic carbocycles. The molecule has 2 rings (SSSR count). The van der Waals surface area contributed by atoms with Crippen LogP contribution in [0.4, 0.5) is 0 Å². The Bertz CT molecular complexity index is 209. The van der Waals surface area contributed by atoms with E-state index in [-0.39, 0.29) is 0 Å². The topological polar surface area (TPSA) is 23.5 Å². The van der Waals surface area contributed by atoms with Crippen molar-refractivity contribution in [2.45, 2.75) is 40.0 Å². The van der Waals surface area contributed by atoms with Crippen LogP contribution in [-0.4, -0.2) is 23.4 Å². The van der Waals surface area contributed by atoms with Gasteiger partial charge in [0.15, 0.2) is 0 Å². The summed E-state index contributed by atoms with van der Waals surface area (Å²) >= 11 is 0. The molecule has 1 saturated carbocycles. The van der Waals surface area contributed by atoms with Crippen molar-refractivity contribution in [1.29, 1.82) is 0 Å². The van der Waals surface area contributed by atoms with Gasteiger partial charge >= 0.3 is 0 Å². The third-order valence-electron chi connectivity index (χ3n) is 4.27. The van der Waals surface area contributed by atoms with Gasteiger partial charge in [-0.25, -0.2) is 0 Å². The van der Waals surface area contributed by atoms with E-state index in [4.69, 9.17) is 0 Å². The van der Waals surface area contributed by atoms with E-state index >= 15 is 0 Å². The highest BCUT2D eigenvalue weighted by Gasteiger charge is 2.41. The Balaban J connectivity index is 1.99. The molecule has 2 heteroatoms. The summed E-state index contributed by atoms with van der Waals surface area (Å²) in [4.78, 5) is 0. The molecule has 3 atom stereocenters. The van der Waals surface area contributed by atoms with E-state index in [0.29, 0.717) is 5.41 Å². The Labute approximate surface area is 87.3 Å². The maximum atomic E-state index is 9.48. The van der Waals surface area contributed by atoms with Gasteiger partial charge in [-0.3, -0.25) is 0 Å². The van der Waals surface area contributed by atoms with Gasteiger partial charge in [-0.15, -0.1) is 0 Å². The van der Waals surface area contributed by atoms with E-state index in [2.05, 4.69) is 20.8 Å². The molecule has 3 unspecified atom stereocenters. The second-order valence-corrected chi connectivity index (χ2v) is 6.26. The number of hydroxylamine groups is 2. The second kappa shape index (κ2) is 3.49. The van der Waals surface area contributed by atoms with Gasteiger partial charge in [0.1, 0.15) is 0 Å². The molecule has 0 aromatic carbocycles. The highest BCUT2D eigenvalue weighted by Crippen LogP contribution is 2.47. The lowest BCUT2D eigenvalue weighted by molar-refractivity contribution is -0.125. The minimum atomic E-state index is 0.456. The van der Waals surface area contributed by atoms with Crippen molar-refractivity contribution in [2.24, 2.45) is 23.2 Å². The lowest BCUT2D eigenvalue weighted by Crippen LogP contribution is -2.35. The third-order valence-corrected chi connectivity index (χ3v) is 4.27. The first kappa shape index (κ1) is 10.4. The van der Waals surface area contributed by atoms with Crippen LogP contribution in [0.2, 0.25) is 0 Å². The zero-order chi connectivity index (χ0) is 10.3. The number of hydrogen-bond acceptors (Lipinski definition) is 2. The first-order valence-electron chi connectivity index (χ1n) is 5.90. The van der Waals surface area contributed by atoms with Crippen molar-refractivity contribution >= 4 is 0 Å². The molecule has 0 spiro atoms. The zero-order valence-electron chi connectivity index (χ0n) is 9.66. The highest BCUT2D eigenvalue weighted by molar-refractivity contribution is 4.91. The number of rotatable bonds is 0. The van der Waals surface area contributed by atoms with Crippen molar-refractivity contribution in [3.8, 4) is 0 Å². The quantitative estimate of drug-likeness (QED) is 0.645. The molecule has 1 heterocycles. The van der Waals surface area contributed by atoms with Crippen LogP contribution in [0.25, 0.3) is 0 Å². The van der Waals surface area contributed by atoms with Crippen LogP contribution in [0.3, 0.4) is 0 Å². The molecule has 0 bridgehead atoms. The van der Waals surface area contributed by atoms with E-state index in [1.54, 1.807) is 0 Å². The molecule has 1 saturated heterocycles. The molecule has 0 aromatic rings. The molecular weight excluding hydrogens is 174 g/mol. The van der Waals surface area contributed by atoms with Crippen molar-refractivity contribution in [3.05, 3.63) is 0 Å². The predicted octanol–water partition coefficient (Wildman–Crippen LogP) is 2.77. The fourth-order valence-corrected chi connectivity index (χ4v) is 3.17. The van der Waals surface area contributed by atoms with Crippen LogP contribution in [-0.2, 0) is 0 Å². The van der Waals surface area contributed by atoms with Gasteiger partial charge in [-0.1, -0.05) is 20.8 Å². The summed E-state index contributed by atoms with van der Waals surface area (Å²) in [5, 5.41) is 11.0. The van der Waals surface area contributed by atoms with Gasteiger partial charge in [0.05, 0.1) is 0 Å². The molecule has 0 radical (unpaired) electrons. The van der Waals surface area contributed by atoms with E-state index in [1.807, 2.05) is 0 Å². The van der Waals surface area contributed by atoms with E-state index < -0.39 is 0 Å². The maximum absolute atomic E-state index is 9.48. The third kappa shape index (κ3) is 1.96. The largest absolute Gasteiger partial charge is 0.314 e.